The number of ether oxygens (including phenoxy) is 2. The molecule has 0 bridgehead atoms. The maximum Gasteiger partial charge on any atom is 0.255 e. The molecule has 9 heteroatoms. The van der Waals surface area contributed by atoms with Crippen molar-refractivity contribution in [3.63, 3.8) is 0 Å². The number of fused-ring (bicyclic) bond motifs is 1. The number of anilines is 1. The van der Waals surface area contributed by atoms with Crippen LogP contribution in [0.25, 0.3) is 23.1 Å². The van der Waals surface area contributed by atoms with Gasteiger partial charge in [0.1, 0.15) is 18.2 Å². The summed E-state index contributed by atoms with van der Waals surface area (Å²) in [6.45, 7) is 8.32. The van der Waals surface area contributed by atoms with Gasteiger partial charge in [0.15, 0.2) is 0 Å². The monoisotopic (exact) mass is 551 g/mol. The summed E-state index contributed by atoms with van der Waals surface area (Å²) in [7, 11) is -1.09. The Balaban J connectivity index is 1.20. The Hall–Kier alpha value is -4.47. The molecule has 8 nitrogen and oxygen atoms in total. The molecule has 204 valence electrons. The maximum absolute atomic E-state index is 12.5. The number of aromatic nitrogens is 4. The Bertz CT molecular complexity index is 1620. The molecule has 0 aliphatic heterocycles. The molecule has 2 aromatic heterocycles. The highest BCUT2D eigenvalue weighted by Crippen LogP contribution is 2.28. The number of nitrogens with zero attached hydrogens (tertiary/aromatic N) is 3. The molecule has 0 saturated heterocycles. The van der Waals surface area contributed by atoms with Gasteiger partial charge in [-0.25, -0.2) is 4.98 Å². The maximum atomic E-state index is 12.5. The number of rotatable bonds is 11. The van der Waals surface area contributed by atoms with Crippen molar-refractivity contribution < 1.29 is 14.3 Å². The first-order chi connectivity index (χ1) is 19.3. The van der Waals surface area contributed by atoms with E-state index in [0.29, 0.717) is 29.5 Å². The predicted molar refractivity (Wildman–Crippen MR) is 162 cm³/mol. The standard InChI is InChI=1S/C31H33N5O3Si/c1-40(2,3)17-16-38-22-36-20-25(32-21-36)12-15-29-28-14-13-27(19-30(28)35-34-29)39-26-11-7-10-24(18-26)33-31(37)23-8-5-4-6-9-23/h4-15,18-21H,16-17,22H2,1-3H3,(H,33,37)(H,34,35)/b15-12+. The van der Waals surface area contributed by atoms with Crippen LogP contribution < -0.4 is 10.1 Å². The molecule has 0 unspecified atom stereocenters. The van der Waals surface area contributed by atoms with E-state index in [4.69, 9.17) is 9.47 Å². The number of H-pyrrole nitrogens is 1. The van der Waals surface area contributed by atoms with Crippen LogP contribution in [0.1, 0.15) is 21.7 Å². The summed E-state index contributed by atoms with van der Waals surface area (Å²) < 4.78 is 13.8. The van der Waals surface area contributed by atoms with Crippen molar-refractivity contribution in [2.45, 2.75) is 32.4 Å². The van der Waals surface area contributed by atoms with Crippen LogP contribution in [-0.2, 0) is 11.5 Å². The summed E-state index contributed by atoms with van der Waals surface area (Å²) in [6, 6.07) is 23.3. The fourth-order valence-electron chi connectivity index (χ4n) is 4.02. The minimum Gasteiger partial charge on any atom is -0.457 e. The zero-order valence-corrected chi connectivity index (χ0v) is 23.9. The normalized spacial score (nSPS) is 11.8. The smallest absolute Gasteiger partial charge is 0.255 e. The summed E-state index contributed by atoms with van der Waals surface area (Å²) in [5, 5.41) is 11.4. The van der Waals surface area contributed by atoms with Crippen molar-refractivity contribution >= 4 is 42.7 Å². The second-order valence-electron chi connectivity index (χ2n) is 10.8. The van der Waals surface area contributed by atoms with E-state index in [1.54, 1.807) is 24.5 Å². The highest BCUT2D eigenvalue weighted by Gasteiger charge is 2.12. The summed E-state index contributed by atoms with van der Waals surface area (Å²) in [5.41, 5.74) is 3.75. The minimum atomic E-state index is -1.09. The molecular formula is C31H33N5O3Si. The molecule has 0 spiro atoms. The fraction of sp³-hybridized carbons (Fsp3) is 0.194. The van der Waals surface area contributed by atoms with Gasteiger partial charge in [-0.2, -0.15) is 5.10 Å². The van der Waals surface area contributed by atoms with Crippen LogP contribution in [0.2, 0.25) is 25.7 Å². The van der Waals surface area contributed by atoms with Gasteiger partial charge in [-0.15, -0.1) is 0 Å². The van der Waals surface area contributed by atoms with Crippen LogP contribution >= 0.6 is 0 Å². The lowest BCUT2D eigenvalue weighted by Gasteiger charge is -2.15. The number of aromatic amines is 1. The fourth-order valence-corrected chi connectivity index (χ4v) is 4.78. The van der Waals surface area contributed by atoms with Crippen LogP contribution in [-0.4, -0.2) is 40.3 Å². The third kappa shape index (κ3) is 7.34. The molecule has 40 heavy (non-hydrogen) atoms. The highest BCUT2D eigenvalue weighted by atomic mass is 28.3. The second-order valence-corrected chi connectivity index (χ2v) is 16.4. The Labute approximate surface area is 234 Å². The number of nitrogens with one attached hydrogen (secondary N) is 2. The molecule has 0 saturated carbocycles. The Morgan fingerprint density at radius 2 is 1.82 bits per heavy atom. The van der Waals surface area contributed by atoms with Crippen molar-refractivity contribution in [2.24, 2.45) is 0 Å². The quantitative estimate of drug-likeness (QED) is 0.133. The molecule has 3 aromatic carbocycles. The van der Waals surface area contributed by atoms with Gasteiger partial charge >= 0.3 is 0 Å². The van der Waals surface area contributed by atoms with Gasteiger partial charge in [0, 0.05) is 49.6 Å². The first kappa shape index (κ1) is 27.1. The van der Waals surface area contributed by atoms with Gasteiger partial charge in [-0.3, -0.25) is 9.89 Å². The molecule has 2 heterocycles. The molecule has 0 atom stereocenters. The van der Waals surface area contributed by atoms with Gasteiger partial charge in [-0.05, 0) is 54.6 Å². The van der Waals surface area contributed by atoms with Gasteiger partial charge in [-0.1, -0.05) is 43.9 Å². The van der Waals surface area contributed by atoms with Crippen LogP contribution in [0.5, 0.6) is 11.5 Å². The van der Waals surface area contributed by atoms with E-state index in [-0.39, 0.29) is 5.91 Å². The molecule has 0 fully saturated rings. The van der Waals surface area contributed by atoms with Gasteiger partial charge < -0.3 is 19.4 Å². The van der Waals surface area contributed by atoms with E-state index in [9.17, 15) is 4.79 Å². The van der Waals surface area contributed by atoms with Crippen molar-refractivity contribution in [3.05, 3.63) is 102 Å². The van der Waals surface area contributed by atoms with E-state index >= 15 is 0 Å². The van der Waals surface area contributed by atoms with Crippen molar-refractivity contribution in [1.82, 2.24) is 19.7 Å². The van der Waals surface area contributed by atoms with E-state index in [1.165, 1.54) is 0 Å². The lowest BCUT2D eigenvalue weighted by atomic mass is 10.2. The predicted octanol–water partition coefficient (Wildman–Crippen LogP) is 7.29. The summed E-state index contributed by atoms with van der Waals surface area (Å²) in [4.78, 5) is 16.9. The average Bonchev–Trinajstić information content (AvgIpc) is 3.56. The van der Waals surface area contributed by atoms with E-state index in [0.717, 1.165) is 34.9 Å². The molecule has 5 rings (SSSR count). The third-order valence-corrected chi connectivity index (χ3v) is 7.93. The molecular weight excluding hydrogens is 518 g/mol. The van der Waals surface area contributed by atoms with Crippen molar-refractivity contribution in [2.75, 3.05) is 11.9 Å². The van der Waals surface area contributed by atoms with Crippen molar-refractivity contribution in [1.29, 1.82) is 0 Å². The van der Waals surface area contributed by atoms with E-state index in [2.05, 4.69) is 40.1 Å². The molecule has 1 amide bonds. The highest BCUT2D eigenvalue weighted by molar-refractivity contribution is 6.76. The zero-order chi connectivity index (χ0) is 28.0. The summed E-state index contributed by atoms with van der Waals surface area (Å²) in [6.07, 6.45) is 7.62. The van der Waals surface area contributed by atoms with Crippen LogP contribution in [0.4, 0.5) is 5.69 Å². The number of benzene rings is 3. The lowest BCUT2D eigenvalue weighted by Crippen LogP contribution is -2.21. The number of carbonyl (C=O) groups is 1. The van der Waals surface area contributed by atoms with E-state index < -0.39 is 8.07 Å². The first-order valence-corrected chi connectivity index (χ1v) is 16.9. The second kappa shape index (κ2) is 12.1. The largest absolute Gasteiger partial charge is 0.457 e. The molecule has 0 radical (unpaired) electrons. The Morgan fingerprint density at radius 1 is 1.00 bits per heavy atom. The van der Waals surface area contributed by atoms with Crippen molar-refractivity contribution in [3.8, 4) is 11.5 Å². The number of hydrogen-bond donors (Lipinski definition) is 2. The van der Waals surface area contributed by atoms with Crippen LogP contribution in [0.15, 0.2) is 85.3 Å². The SMILES string of the molecule is C[Si](C)(C)CCOCn1cnc(/C=C/c2n[nH]c3cc(Oc4cccc(NC(=O)c5ccccc5)c4)ccc23)c1. The lowest BCUT2D eigenvalue weighted by molar-refractivity contribution is 0.0871. The molecule has 5 aromatic rings. The van der Waals surface area contributed by atoms with Gasteiger partial charge in [0.25, 0.3) is 5.91 Å². The van der Waals surface area contributed by atoms with Crippen LogP contribution in [0.3, 0.4) is 0 Å². The zero-order valence-electron chi connectivity index (χ0n) is 22.9. The molecule has 0 aliphatic rings. The Kier molecular flexibility index (Phi) is 8.23. The average molecular weight is 552 g/mol. The number of hydrogen-bond acceptors (Lipinski definition) is 5. The van der Waals surface area contributed by atoms with Crippen LogP contribution in [0, 0.1) is 0 Å². The Morgan fingerprint density at radius 3 is 2.65 bits per heavy atom. The molecule has 0 aliphatic carbocycles. The van der Waals surface area contributed by atoms with Gasteiger partial charge in [0.05, 0.1) is 23.2 Å². The minimum absolute atomic E-state index is 0.172. The number of imidazole rings is 1. The summed E-state index contributed by atoms with van der Waals surface area (Å²) >= 11 is 0. The number of amides is 1. The third-order valence-electron chi connectivity index (χ3n) is 6.23. The van der Waals surface area contributed by atoms with E-state index in [1.807, 2.05) is 77.5 Å². The van der Waals surface area contributed by atoms with Gasteiger partial charge in [0.2, 0.25) is 0 Å². The first-order valence-electron chi connectivity index (χ1n) is 13.2. The number of carbonyl (C=O) groups excluding carboxylic acids is 1. The topological polar surface area (TPSA) is 94.1 Å². The summed E-state index contributed by atoms with van der Waals surface area (Å²) in [5.74, 6) is 1.10. The molecule has 2 N–H and O–H groups in total.